The fourth-order valence-corrected chi connectivity index (χ4v) is 3.87. The Balaban J connectivity index is 1.60. The lowest BCUT2D eigenvalue weighted by Gasteiger charge is -2.31. The van der Waals surface area contributed by atoms with E-state index in [9.17, 15) is 9.50 Å². The van der Waals surface area contributed by atoms with E-state index in [1.807, 2.05) is 24.0 Å². The fraction of sp³-hybridized carbons (Fsp3) is 0.480. The average molecular weight is 427 g/mol. The summed E-state index contributed by atoms with van der Waals surface area (Å²) >= 11 is 0. The second-order valence-electron chi connectivity index (χ2n) is 8.40. The van der Waals surface area contributed by atoms with Gasteiger partial charge in [0.05, 0.1) is 18.3 Å². The molecule has 5 nitrogen and oxygen atoms in total. The first-order valence-electron chi connectivity index (χ1n) is 11.3. The minimum absolute atomic E-state index is 0.227. The van der Waals surface area contributed by atoms with Crippen molar-refractivity contribution in [3.8, 4) is 0 Å². The predicted octanol–water partition coefficient (Wildman–Crippen LogP) is 3.95. The van der Waals surface area contributed by atoms with Crippen molar-refractivity contribution in [2.24, 2.45) is 4.99 Å². The van der Waals surface area contributed by atoms with Crippen LogP contribution in [0.1, 0.15) is 49.3 Å². The number of anilines is 1. The smallest absolute Gasteiger partial charge is 0.191 e. The van der Waals surface area contributed by atoms with Gasteiger partial charge in [0.15, 0.2) is 5.96 Å². The zero-order valence-corrected chi connectivity index (χ0v) is 18.9. The summed E-state index contributed by atoms with van der Waals surface area (Å²) in [5, 5.41) is 16.3. The van der Waals surface area contributed by atoms with Gasteiger partial charge in [0.1, 0.15) is 5.82 Å². The standard InChI is InChI=1S/C25H35FN4O/c1-4-27-25(28-16-19(3)21-7-5-6-18(2)14-21)29-17-20-8-9-24(23(26)15-20)30-12-10-22(31)11-13-30/h5-9,14-15,19,22,31H,4,10-13,16-17H2,1-3H3,(H2,27,28,29). The van der Waals surface area contributed by atoms with Gasteiger partial charge in [0.2, 0.25) is 0 Å². The molecule has 6 heteroatoms. The maximum atomic E-state index is 14.7. The molecule has 2 aromatic rings. The lowest BCUT2D eigenvalue weighted by molar-refractivity contribution is 0.145. The molecule has 0 aromatic heterocycles. The highest BCUT2D eigenvalue weighted by atomic mass is 19.1. The summed E-state index contributed by atoms with van der Waals surface area (Å²) in [6, 6.07) is 13.9. The Morgan fingerprint density at radius 1 is 1.19 bits per heavy atom. The van der Waals surface area contributed by atoms with Crippen molar-refractivity contribution in [2.75, 3.05) is 31.1 Å². The number of rotatable bonds is 7. The van der Waals surface area contributed by atoms with Gasteiger partial charge in [-0.15, -0.1) is 0 Å². The number of aryl methyl sites for hydroxylation is 1. The van der Waals surface area contributed by atoms with Gasteiger partial charge in [0.25, 0.3) is 0 Å². The number of guanidine groups is 1. The van der Waals surface area contributed by atoms with Gasteiger partial charge in [0, 0.05) is 26.2 Å². The SMILES string of the molecule is CCNC(=NCc1ccc(N2CCC(O)CC2)c(F)c1)NCC(C)c1cccc(C)c1. The van der Waals surface area contributed by atoms with Gasteiger partial charge < -0.3 is 20.6 Å². The Hall–Kier alpha value is -2.60. The number of aliphatic hydroxyl groups is 1. The van der Waals surface area contributed by atoms with Crippen LogP contribution in [0.5, 0.6) is 0 Å². The number of piperidine rings is 1. The molecule has 0 spiro atoms. The number of aliphatic hydroxyl groups excluding tert-OH is 1. The van der Waals surface area contributed by atoms with Crippen molar-refractivity contribution >= 4 is 11.6 Å². The quantitative estimate of drug-likeness (QED) is 0.463. The third-order valence-corrected chi connectivity index (χ3v) is 5.77. The van der Waals surface area contributed by atoms with E-state index in [0.29, 0.717) is 44.1 Å². The molecule has 0 saturated carbocycles. The average Bonchev–Trinajstić information content (AvgIpc) is 2.76. The number of hydrogen-bond donors (Lipinski definition) is 3. The molecule has 31 heavy (non-hydrogen) atoms. The van der Waals surface area contributed by atoms with Crippen LogP contribution in [0, 0.1) is 12.7 Å². The first-order chi connectivity index (χ1) is 15.0. The van der Waals surface area contributed by atoms with Crippen molar-refractivity contribution in [2.45, 2.75) is 52.2 Å². The zero-order chi connectivity index (χ0) is 22.2. The second kappa shape index (κ2) is 11.1. The van der Waals surface area contributed by atoms with E-state index < -0.39 is 0 Å². The van der Waals surface area contributed by atoms with Crippen LogP contribution < -0.4 is 15.5 Å². The molecule has 1 fully saturated rings. The number of nitrogens with zero attached hydrogens (tertiary/aromatic N) is 2. The molecule has 168 valence electrons. The molecule has 0 radical (unpaired) electrons. The molecule has 1 unspecified atom stereocenters. The van der Waals surface area contributed by atoms with Crippen LogP contribution in [-0.4, -0.2) is 43.3 Å². The molecule has 1 heterocycles. The normalized spacial score (nSPS) is 16.3. The summed E-state index contributed by atoms with van der Waals surface area (Å²) in [6.45, 7) is 9.64. The van der Waals surface area contributed by atoms with E-state index in [0.717, 1.165) is 24.6 Å². The minimum atomic E-state index is -0.265. The largest absolute Gasteiger partial charge is 0.393 e. The zero-order valence-electron chi connectivity index (χ0n) is 18.9. The van der Waals surface area contributed by atoms with Crippen molar-refractivity contribution in [1.29, 1.82) is 0 Å². The number of benzene rings is 2. The Bertz CT molecular complexity index is 878. The van der Waals surface area contributed by atoms with Gasteiger partial charge in [-0.25, -0.2) is 9.38 Å². The molecule has 0 bridgehead atoms. The molecule has 0 amide bonds. The molecule has 2 aromatic carbocycles. The molecule has 3 N–H and O–H groups in total. The van der Waals surface area contributed by atoms with Crippen LogP contribution in [0.4, 0.5) is 10.1 Å². The monoisotopic (exact) mass is 426 g/mol. The highest BCUT2D eigenvalue weighted by Crippen LogP contribution is 2.24. The van der Waals surface area contributed by atoms with Gasteiger partial charge in [-0.2, -0.15) is 0 Å². The highest BCUT2D eigenvalue weighted by molar-refractivity contribution is 5.79. The van der Waals surface area contributed by atoms with Crippen LogP contribution in [0.3, 0.4) is 0 Å². The molecular formula is C25H35FN4O. The van der Waals surface area contributed by atoms with Crippen LogP contribution in [0.2, 0.25) is 0 Å². The summed E-state index contributed by atoms with van der Waals surface area (Å²) in [7, 11) is 0. The van der Waals surface area contributed by atoms with Crippen molar-refractivity contribution in [3.63, 3.8) is 0 Å². The third-order valence-electron chi connectivity index (χ3n) is 5.77. The molecule has 1 saturated heterocycles. The number of aliphatic imine (C=N–C) groups is 1. The van der Waals surface area contributed by atoms with E-state index in [2.05, 4.69) is 53.7 Å². The van der Waals surface area contributed by atoms with Crippen molar-refractivity contribution < 1.29 is 9.50 Å². The van der Waals surface area contributed by atoms with Gasteiger partial charge in [-0.3, -0.25) is 0 Å². The lowest BCUT2D eigenvalue weighted by atomic mass is 9.99. The summed E-state index contributed by atoms with van der Waals surface area (Å²) in [5.74, 6) is 0.857. The van der Waals surface area contributed by atoms with Crippen molar-refractivity contribution in [3.05, 3.63) is 65.0 Å². The van der Waals surface area contributed by atoms with E-state index in [-0.39, 0.29) is 11.9 Å². The fourth-order valence-electron chi connectivity index (χ4n) is 3.87. The molecule has 1 aliphatic rings. The third kappa shape index (κ3) is 6.69. The maximum Gasteiger partial charge on any atom is 0.191 e. The second-order valence-corrected chi connectivity index (χ2v) is 8.40. The molecule has 1 aliphatic heterocycles. The van der Waals surface area contributed by atoms with Crippen LogP contribution in [0.25, 0.3) is 0 Å². The maximum absolute atomic E-state index is 14.7. The van der Waals surface area contributed by atoms with E-state index in [1.54, 1.807) is 6.07 Å². The van der Waals surface area contributed by atoms with Crippen LogP contribution in [-0.2, 0) is 6.54 Å². The Kier molecular flexibility index (Phi) is 8.29. The number of nitrogens with one attached hydrogen (secondary N) is 2. The van der Waals surface area contributed by atoms with Crippen molar-refractivity contribution in [1.82, 2.24) is 10.6 Å². The molecule has 0 aliphatic carbocycles. The minimum Gasteiger partial charge on any atom is -0.393 e. The first-order valence-corrected chi connectivity index (χ1v) is 11.3. The summed E-state index contributed by atoms with van der Waals surface area (Å²) in [5.41, 5.74) is 4.00. The summed E-state index contributed by atoms with van der Waals surface area (Å²) < 4.78 is 14.7. The van der Waals surface area contributed by atoms with Gasteiger partial charge in [-0.1, -0.05) is 42.8 Å². The Morgan fingerprint density at radius 2 is 1.97 bits per heavy atom. The Labute approximate surface area is 185 Å². The summed E-state index contributed by atoms with van der Waals surface area (Å²) in [6.07, 6.45) is 1.10. The van der Waals surface area contributed by atoms with Crippen LogP contribution in [0.15, 0.2) is 47.5 Å². The Morgan fingerprint density at radius 3 is 2.65 bits per heavy atom. The van der Waals surface area contributed by atoms with E-state index >= 15 is 0 Å². The molecule has 1 atom stereocenters. The highest BCUT2D eigenvalue weighted by Gasteiger charge is 2.19. The molecular weight excluding hydrogens is 391 g/mol. The van der Waals surface area contributed by atoms with Gasteiger partial charge in [-0.05, 0) is 55.9 Å². The van der Waals surface area contributed by atoms with Gasteiger partial charge >= 0.3 is 0 Å². The predicted molar refractivity (Wildman–Crippen MR) is 126 cm³/mol. The topological polar surface area (TPSA) is 59.9 Å². The first kappa shape index (κ1) is 23.1. The number of hydrogen-bond acceptors (Lipinski definition) is 3. The van der Waals surface area contributed by atoms with Crippen LogP contribution >= 0.6 is 0 Å². The number of halogens is 1. The lowest BCUT2D eigenvalue weighted by Crippen LogP contribution is -2.39. The van der Waals surface area contributed by atoms with E-state index in [4.69, 9.17) is 0 Å². The summed E-state index contributed by atoms with van der Waals surface area (Å²) in [4.78, 5) is 6.65. The van der Waals surface area contributed by atoms with E-state index in [1.165, 1.54) is 11.1 Å². The molecule has 3 rings (SSSR count).